The lowest BCUT2D eigenvalue weighted by Crippen LogP contribution is -2.16. The molecule has 1 aromatic carbocycles. The van der Waals surface area contributed by atoms with Gasteiger partial charge in [-0.25, -0.2) is 4.79 Å². The number of carbonyl (C=O) groups is 1. The number of nitrogens with one attached hydrogen (secondary N) is 2. The van der Waals surface area contributed by atoms with E-state index in [2.05, 4.69) is 15.6 Å². The van der Waals surface area contributed by atoms with Gasteiger partial charge in [0.1, 0.15) is 0 Å². The maximum absolute atomic E-state index is 11.6. The molecule has 0 bridgehead atoms. The average Bonchev–Trinajstić information content (AvgIpc) is 2.52. The lowest BCUT2D eigenvalue weighted by molar-refractivity contribution is 0.147. The highest BCUT2D eigenvalue weighted by atomic mass is 16.5. The van der Waals surface area contributed by atoms with Crippen molar-refractivity contribution in [3.63, 3.8) is 0 Å². The Balaban J connectivity index is 1.88. The molecule has 1 aromatic heterocycles. The van der Waals surface area contributed by atoms with E-state index in [1.54, 1.807) is 6.20 Å². The topological polar surface area (TPSA) is 63.2 Å². The van der Waals surface area contributed by atoms with Crippen molar-refractivity contribution in [3.8, 4) is 0 Å². The number of hydrogen-bond donors (Lipinski definition) is 2. The van der Waals surface area contributed by atoms with Crippen LogP contribution in [0.5, 0.6) is 0 Å². The number of pyridine rings is 1. The van der Waals surface area contributed by atoms with Crippen LogP contribution in [0.4, 0.5) is 16.2 Å². The Morgan fingerprint density at radius 2 is 2.00 bits per heavy atom. The fourth-order valence-electron chi connectivity index (χ4n) is 1.80. The van der Waals surface area contributed by atoms with Crippen molar-refractivity contribution in [1.82, 2.24) is 4.98 Å². The monoisotopic (exact) mass is 299 g/mol. The van der Waals surface area contributed by atoms with Gasteiger partial charge in [0.05, 0.1) is 18.8 Å². The summed E-state index contributed by atoms with van der Waals surface area (Å²) in [4.78, 5) is 15.9. The van der Waals surface area contributed by atoms with Gasteiger partial charge in [-0.3, -0.25) is 10.3 Å². The van der Waals surface area contributed by atoms with E-state index in [9.17, 15) is 4.79 Å². The molecule has 0 aliphatic carbocycles. The van der Waals surface area contributed by atoms with Crippen LogP contribution < -0.4 is 10.6 Å². The van der Waals surface area contributed by atoms with Gasteiger partial charge in [-0.2, -0.15) is 0 Å². The molecule has 116 valence electrons. The van der Waals surface area contributed by atoms with Gasteiger partial charge in [-0.15, -0.1) is 0 Å². The molecule has 2 aromatic rings. The van der Waals surface area contributed by atoms with Crippen LogP contribution in [0.2, 0.25) is 0 Å². The standard InChI is InChI=1S/C17H21N3O2/c1-13(2)12-22-17(21)20-15-8-5-7-14(10-15)19-11-16-6-3-4-9-18-16/h3-10,13,19H,11-12H2,1-2H3,(H,20,21). The lowest BCUT2D eigenvalue weighted by Gasteiger charge is -2.10. The summed E-state index contributed by atoms with van der Waals surface area (Å²) < 4.78 is 5.10. The number of hydrogen-bond acceptors (Lipinski definition) is 4. The van der Waals surface area contributed by atoms with Crippen molar-refractivity contribution in [1.29, 1.82) is 0 Å². The predicted molar refractivity (Wildman–Crippen MR) is 87.8 cm³/mol. The van der Waals surface area contributed by atoms with E-state index in [0.29, 0.717) is 24.8 Å². The quantitative estimate of drug-likeness (QED) is 0.849. The van der Waals surface area contributed by atoms with Gasteiger partial charge in [-0.1, -0.05) is 26.0 Å². The fourth-order valence-corrected chi connectivity index (χ4v) is 1.80. The minimum Gasteiger partial charge on any atom is -0.449 e. The number of amides is 1. The highest BCUT2D eigenvalue weighted by molar-refractivity contribution is 5.85. The molecule has 1 heterocycles. The number of ether oxygens (including phenoxy) is 1. The molecule has 0 aliphatic rings. The first-order valence-corrected chi connectivity index (χ1v) is 7.31. The van der Waals surface area contributed by atoms with Gasteiger partial charge in [0, 0.05) is 17.6 Å². The van der Waals surface area contributed by atoms with Gasteiger partial charge in [0.25, 0.3) is 0 Å². The third-order valence-corrected chi connectivity index (χ3v) is 2.86. The summed E-state index contributed by atoms with van der Waals surface area (Å²) in [6.07, 6.45) is 1.33. The number of nitrogens with zero attached hydrogens (tertiary/aromatic N) is 1. The summed E-state index contributed by atoms with van der Waals surface area (Å²) >= 11 is 0. The van der Waals surface area contributed by atoms with Crippen LogP contribution in [-0.4, -0.2) is 17.7 Å². The zero-order chi connectivity index (χ0) is 15.8. The Labute approximate surface area is 130 Å². The van der Waals surface area contributed by atoms with Crippen LogP contribution in [-0.2, 0) is 11.3 Å². The molecule has 22 heavy (non-hydrogen) atoms. The van der Waals surface area contributed by atoms with Crippen molar-refractivity contribution >= 4 is 17.5 Å². The molecule has 0 aliphatic heterocycles. The van der Waals surface area contributed by atoms with E-state index in [4.69, 9.17) is 4.74 Å². The van der Waals surface area contributed by atoms with E-state index in [0.717, 1.165) is 11.4 Å². The van der Waals surface area contributed by atoms with Crippen LogP contribution in [0.15, 0.2) is 48.7 Å². The first-order chi connectivity index (χ1) is 10.6. The molecule has 0 radical (unpaired) electrons. The Bertz CT molecular complexity index is 600. The Morgan fingerprint density at radius 3 is 2.73 bits per heavy atom. The SMILES string of the molecule is CC(C)COC(=O)Nc1cccc(NCc2ccccn2)c1. The molecule has 5 heteroatoms. The van der Waals surface area contributed by atoms with Crippen molar-refractivity contribution in [2.24, 2.45) is 5.92 Å². The molecule has 0 saturated heterocycles. The second-order valence-electron chi connectivity index (χ2n) is 5.37. The summed E-state index contributed by atoms with van der Waals surface area (Å²) in [6.45, 7) is 5.02. The Hall–Kier alpha value is -2.56. The molecule has 0 saturated carbocycles. The summed E-state index contributed by atoms with van der Waals surface area (Å²) in [5, 5.41) is 5.99. The molecular formula is C17H21N3O2. The first kappa shape index (κ1) is 15.8. The van der Waals surface area contributed by atoms with E-state index in [1.165, 1.54) is 0 Å². The molecule has 0 unspecified atom stereocenters. The minimum absolute atomic E-state index is 0.317. The molecule has 1 amide bonds. The van der Waals surface area contributed by atoms with Gasteiger partial charge in [0.15, 0.2) is 0 Å². The third kappa shape index (κ3) is 5.44. The Kier molecular flexibility index (Phi) is 5.77. The molecule has 5 nitrogen and oxygen atoms in total. The normalized spacial score (nSPS) is 10.3. The van der Waals surface area contributed by atoms with Crippen molar-refractivity contribution in [2.45, 2.75) is 20.4 Å². The number of carbonyl (C=O) groups excluding carboxylic acids is 1. The zero-order valence-electron chi connectivity index (χ0n) is 12.9. The van der Waals surface area contributed by atoms with Gasteiger partial charge < -0.3 is 10.1 Å². The van der Waals surface area contributed by atoms with Crippen LogP contribution >= 0.6 is 0 Å². The Morgan fingerprint density at radius 1 is 1.18 bits per heavy atom. The fraction of sp³-hybridized carbons (Fsp3) is 0.294. The van der Waals surface area contributed by atoms with Crippen LogP contribution in [0.3, 0.4) is 0 Å². The average molecular weight is 299 g/mol. The summed E-state index contributed by atoms with van der Waals surface area (Å²) in [7, 11) is 0. The summed E-state index contributed by atoms with van der Waals surface area (Å²) in [5.74, 6) is 0.317. The zero-order valence-corrected chi connectivity index (χ0v) is 12.9. The molecule has 0 spiro atoms. The van der Waals surface area contributed by atoms with E-state index >= 15 is 0 Å². The van der Waals surface area contributed by atoms with Crippen molar-refractivity contribution < 1.29 is 9.53 Å². The van der Waals surface area contributed by atoms with Crippen LogP contribution in [0.1, 0.15) is 19.5 Å². The molecule has 2 N–H and O–H groups in total. The third-order valence-electron chi connectivity index (χ3n) is 2.86. The summed E-state index contributed by atoms with van der Waals surface area (Å²) in [6, 6.07) is 13.3. The molecule has 2 rings (SSSR count). The maximum atomic E-state index is 11.6. The second-order valence-corrected chi connectivity index (χ2v) is 5.37. The lowest BCUT2D eigenvalue weighted by atomic mass is 10.2. The van der Waals surface area contributed by atoms with E-state index in [-0.39, 0.29) is 0 Å². The number of aromatic nitrogens is 1. The highest BCUT2D eigenvalue weighted by Gasteiger charge is 2.05. The van der Waals surface area contributed by atoms with Gasteiger partial charge in [-0.05, 0) is 36.2 Å². The smallest absolute Gasteiger partial charge is 0.411 e. The number of rotatable bonds is 6. The van der Waals surface area contributed by atoms with E-state index in [1.807, 2.05) is 56.3 Å². The highest BCUT2D eigenvalue weighted by Crippen LogP contribution is 2.16. The molecular weight excluding hydrogens is 278 g/mol. The summed E-state index contributed by atoms with van der Waals surface area (Å²) in [5.41, 5.74) is 2.56. The first-order valence-electron chi connectivity index (χ1n) is 7.31. The van der Waals surface area contributed by atoms with Gasteiger partial charge >= 0.3 is 6.09 Å². The maximum Gasteiger partial charge on any atom is 0.411 e. The number of benzene rings is 1. The minimum atomic E-state index is -0.435. The second kappa shape index (κ2) is 8.02. The van der Waals surface area contributed by atoms with Crippen molar-refractivity contribution in [3.05, 3.63) is 54.4 Å². The predicted octanol–water partition coefficient (Wildman–Crippen LogP) is 3.90. The van der Waals surface area contributed by atoms with Gasteiger partial charge in [0.2, 0.25) is 0 Å². The van der Waals surface area contributed by atoms with Crippen LogP contribution in [0, 0.1) is 5.92 Å². The van der Waals surface area contributed by atoms with E-state index < -0.39 is 6.09 Å². The molecule has 0 atom stereocenters. The number of anilines is 2. The largest absolute Gasteiger partial charge is 0.449 e. The van der Waals surface area contributed by atoms with Crippen LogP contribution in [0.25, 0.3) is 0 Å². The van der Waals surface area contributed by atoms with Crippen molar-refractivity contribution in [2.75, 3.05) is 17.2 Å². The molecule has 0 fully saturated rings.